The van der Waals surface area contributed by atoms with E-state index in [-0.39, 0.29) is 11.0 Å². The Morgan fingerprint density at radius 3 is 2.89 bits per heavy atom. The van der Waals surface area contributed by atoms with Gasteiger partial charge in [-0.1, -0.05) is 38.1 Å². The molecule has 1 aliphatic carbocycles. The molecule has 0 bridgehead atoms. The van der Waals surface area contributed by atoms with Crippen molar-refractivity contribution in [3.05, 3.63) is 58.3 Å². The van der Waals surface area contributed by atoms with Gasteiger partial charge in [0.25, 0.3) is 5.56 Å². The highest BCUT2D eigenvalue weighted by molar-refractivity contribution is 5.77. The maximum atomic E-state index is 12.1. The molecular weight excluding hydrogens is 238 g/mol. The van der Waals surface area contributed by atoms with Crippen LogP contribution in [0.4, 0.5) is 0 Å². The quantitative estimate of drug-likeness (QED) is 0.666. The summed E-state index contributed by atoms with van der Waals surface area (Å²) in [5.41, 5.74) is 4.53. The lowest BCUT2D eigenvalue weighted by Crippen LogP contribution is -2.22. The zero-order valence-electron chi connectivity index (χ0n) is 10.8. The minimum absolute atomic E-state index is 0.142. The molecule has 2 aromatic heterocycles. The normalized spacial score (nSPS) is 15.5. The summed E-state index contributed by atoms with van der Waals surface area (Å²) < 4.78 is 1.91. The van der Waals surface area contributed by atoms with Crippen LogP contribution in [0, 0.1) is 0 Å². The summed E-state index contributed by atoms with van der Waals surface area (Å²) in [5.74, 6) is 0. The maximum Gasteiger partial charge on any atom is 0.292 e. The van der Waals surface area contributed by atoms with E-state index in [1.165, 1.54) is 5.56 Å². The summed E-state index contributed by atoms with van der Waals surface area (Å²) in [6.45, 7) is 4.35. The van der Waals surface area contributed by atoms with E-state index >= 15 is 0 Å². The first kappa shape index (κ1) is 10.6. The van der Waals surface area contributed by atoms with Gasteiger partial charge in [-0.15, -0.1) is 0 Å². The van der Waals surface area contributed by atoms with Gasteiger partial charge in [0.05, 0.1) is 11.4 Å². The number of nitrogens with one attached hydrogen (secondary N) is 1. The highest BCUT2D eigenvalue weighted by Crippen LogP contribution is 2.46. The fourth-order valence-corrected chi connectivity index (χ4v) is 3.18. The lowest BCUT2D eigenvalue weighted by Gasteiger charge is -2.21. The monoisotopic (exact) mass is 251 g/mol. The van der Waals surface area contributed by atoms with Gasteiger partial charge in [-0.2, -0.15) is 0 Å². The van der Waals surface area contributed by atoms with Crippen LogP contribution in [0.25, 0.3) is 16.9 Å². The van der Waals surface area contributed by atoms with Gasteiger partial charge in [0.15, 0.2) is 0 Å². The van der Waals surface area contributed by atoms with Crippen LogP contribution in [0.15, 0.2) is 41.5 Å². The summed E-state index contributed by atoms with van der Waals surface area (Å²) in [6, 6.07) is 8.22. The van der Waals surface area contributed by atoms with Gasteiger partial charge in [-0.3, -0.25) is 9.20 Å². The molecule has 0 saturated carbocycles. The van der Waals surface area contributed by atoms with Crippen LogP contribution < -0.4 is 5.56 Å². The highest BCUT2D eigenvalue weighted by Gasteiger charge is 2.38. The van der Waals surface area contributed by atoms with Gasteiger partial charge in [-0.05, 0) is 5.56 Å². The van der Waals surface area contributed by atoms with E-state index in [9.17, 15) is 4.79 Å². The van der Waals surface area contributed by atoms with Crippen LogP contribution in [0.3, 0.4) is 0 Å². The zero-order valence-corrected chi connectivity index (χ0v) is 10.8. The molecule has 0 atom stereocenters. The van der Waals surface area contributed by atoms with Crippen LogP contribution in [0.1, 0.15) is 25.1 Å². The van der Waals surface area contributed by atoms with Gasteiger partial charge in [-0.25, -0.2) is 4.98 Å². The third-order valence-corrected chi connectivity index (χ3v) is 4.02. The van der Waals surface area contributed by atoms with Crippen molar-refractivity contribution in [2.75, 3.05) is 0 Å². The van der Waals surface area contributed by atoms with Gasteiger partial charge in [0.1, 0.15) is 0 Å². The summed E-state index contributed by atoms with van der Waals surface area (Å²) in [4.78, 5) is 19.2. The number of hydrogen-bond acceptors (Lipinski definition) is 2. The molecule has 94 valence electrons. The van der Waals surface area contributed by atoms with Crippen molar-refractivity contribution in [3.63, 3.8) is 0 Å². The molecule has 1 N–H and O–H groups in total. The van der Waals surface area contributed by atoms with Gasteiger partial charge >= 0.3 is 0 Å². The zero-order chi connectivity index (χ0) is 13.2. The van der Waals surface area contributed by atoms with Crippen LogP contribution in [-0.4, -0.2) is 14.4 Å². The van der Waals surface area contributed by atoms with Crippen molar-refractivity contribution >= 4 is 5.65 Å². The van der Waals surface area contributed by atoms with E-state index in [4.69, 9.17) is 0 Å². The lowest BCUT2D eigenvalue weighted by molar-refractivity contribution is 0.624. The Hall–Kier alpha value is -2.36. The van der Waals surface area contributed by atoms with Crippen molar-refractivity contribution in [2.45, 2.75) is 19.3 Å². The number of aromatic amines is 1. The molecule has 0 aliphatic heterocycles. The second-order valence-corrected chi connectivity index (χ2v) is 5.47. The molecule has 4 rings (SSSR count). The Labute approximate surface area is 109 Å². The average molecular weight is 251 g/mol. The second-order valence-electron chi connectivity index (χ2n) is 5.47. The molecule has 0 fully saturated rings. The first-order chi connectivity index (χ1) is 9.10. The Kier molecular flexibility index (Phi) is 1.75. The molecule has 4 nitrogen and oxygen atoms in total. The van der Waals surface area contributed by atoms with Crippen LogP contribution >= 0.6 is 0 Å². The third kappa shape index (κ3) is 1.13. The topological polar surface area (TPSA) is 50.2 Å². The van der Waals surface area contributed by atoms with Crippen molar-refractivity contribution in [1.82, 2.24) is 14.4 Å². The number of fused-ring (bicyclic) bond motifs is 5. The largest absolute Gasteiger partial charge is 0.317 e. The smallest absolute Gasteiger partial charge is 0.292 e. The number of nitrogens with zero attached hydrogens (tertiary/aromatic N) is 2. The standard InChI is InChI=1S/C15H13N3O/c1-15(2)10-6-4-3-5-9(10)11-12(15)18-8-7-16-13(18)14(19)17-11/h3-8H,1-2H3,(H,17,19). The number of H-pyrrole nitrogens is 1. The van der Waals surface area contributed by atoms with Crippen molar-refractivity contribution in [3.8, 4) is 11.3 Å². The van der Waals surface area contributed by atoms with Crippen LogP contribution in [-0.2, 0) is 5.41 Å². The summed E-state index contributed by atoms with van der Waals surface area (Å²) in [6.07, 6.45) is 3.53. The summed E-state index contributed by atoms with van der Waals surface area (Å²) in [5, 5.41) is 0. The Morgan fingerprint density at radius 1 is 1.26 bits per heavy atom. The Balaban J connectivity index is 2.27. The predicted molar refractivity (Wildman–Crippen MR) is 73.4 cm³/mol. The average Bonchev–Trinajstić information content (AvgIpc) is 2.94. The molecule has 0 radical (unpaired) electrons. The molecule has 2 heterocycles. The number of rotatable bonds is 0. The van der Waals surface area contributed by atoms with E-state index in [2.05, 4.69) is 35.9 Å². The summed E-state index contributed by atoms with van der Waals surface area (Å²) >= 11 is 0. The molecule has 0 unspecified atom stereocenters. The molecule has 4 heteroatoms. The van der Waals surface area contributed by atoms with E-state index < -0.39 is 0 Å². The van der Waals surface area contributed by atoms with Gasteiger partial charge < -0.3 is 4.98 Å². The molecule has 1 aromatic carbocycles. The fraction of sp³-hybridized carbons (Fsp3) is 0.200. The van der Waals surface area contributed by atoms with E-state index in [1.807, 2.05) is 22.7 Å². The van der Waals surface area contributed by atoms with E-state index in [0.717, 1.165) is 17.0 Å². The van der Waals surface area contributed by atoms with Crippen LogP contribution in [0.5, 0.6) is 0 Å². The minimum atomic E-state index is -0.144. The van der Waals surface area contributed by atoms with Crippen molar-refractivity contribution in [1.29, 1.82) is 0 Å². The highest BCUT2D eigenvalue weighted by atomic mass is 16.1. The number of benzene rings is 1. The molecule has 19 heavy (non-hydrogen) atoms. The molecule has 0 amide bonds. The first-order valence-corrected chi connectivity index (χ1v) is 6.30. The lowest BCUT2D eigenvalue weighted by atomic mass is 9.85. The fourth-order valence-electron chi connectivity index (χ4n) is 3.18. The number of aromatic nitrogens is 3. The van der Waals surface area contributed by atoms with Crippen molar-refractivity contribution in [2.24, 2.45) is 0 Å². The van der Waals surface area contributed by atoms with Crippen molar-refractivity contribution < 1.29 is 0 Å². The number of hydrogen-bond donors (Lipinski definition) is 1. The second kappa shape index (κ2) is 3.15. The van der Waals surface area contributed by atoms with Gasteiger partial charge in [0.2, 0.25) is 5.65 Å². The predicted octanol–water partition coefficient (Wildman–Crippen LogP) is 2.33. The molecular formula is C15H13N3O. The number of imidazole rings is 1. The summed E-state index contributed by atoms with van der Waals surface area (Å²) in [7, 11) is 0. The Bertz CT molecular complexity index is 870. The first-order valence-electron chi connectivity index (χ1n) is 6.30. The molecule has 0 spiro atoms. The third-order valence-electron chi connectivity index (χ3n) is 4.02. The maximum absolute atomic E-state index is 12.1. The molecule has 0 saturated heterocycles. The molecule has 3 aromatic rings. The minimum Gasteiger partial charge on any atom is -0.317 e. The Morgan fingerprint density at radius 2 is 2.05 bits per heavy atom. The SMILES string of the molecule is CC1(C)c2ccccc2-c2[nH]c(=O)c3nccn3c21. The van der Waals surface area contributed by atoms with E-state index in [1.54, 1.807) is 6.20 Å². The molecule has 1 aliphatic rings. The van der Waals surface area contributed by atoms with Gasteiger partial charge in [0, 0.05) is 23.4 Å². The van der Waals surface area contributed by atoms with Crippen LogP contribution in [0.2, 0.25) is 0 Å². The van der Waals surface area contributed by atoms with E-state index in [0.29, 0.717) is 5.65 Å².